The van der Waals surface area contributed by atoms with Gasteiger partial charge in [0.15, 0.2) is 11.0 Å². The molecule has 1 aliphatic carbocycles. The summed E-state index contributed by atoms with van der Waals surface area (Å²) in [5, 5.41) is 20.2. The van der Waals surface area contributed by atoms with Gasteiger partial charge >= 0.3 is 0 Å². The Labute approximate surface area is 179 Å². The fourth-order valence-corrected chi connectivity index (χ4v) is 4.64. The fourth-order valence-electron chi connectivity index (χ4n) is 3.66. The predicted octanol–water partition coefficient (Wildman–Crippen LogP) is 4.96. The van der Waals surface area contributed by atoms with Gasteiger partial charge in [0, 0.05) is 24.4 Å². The van der Waals surface area contributed by atoms with E-state index >= 15 is 0 Å². The van der Waals surface area contributed by atoms with Crippen molar-refractivity contribution in [2.24, 2.45) is 0 Å². The zero-order valence-electron chi connectivity index (χ0n) is 16.9. The Morgan fingerprint density at radius 1 is 1.10 bits per heavy atom. The molecule has 0 amide bonds. The van der Waals surface area contributed by atoms with E-state index in [9.17, 15) is 10.1 Å². The molecule has 4 rings (SSSR count). The van der Waals surface area contributed by atoms with E-state index in [1.54, 1.807) is 23.9 Å². The first-order valence-corrected chi connectivity index (χ1v) is 11.2. The number of nitrogens with zero attached hydrogens (tertiary/aromatic N) is 4. The molecule has 2 aromatic carbocycles. The second kappa shape index (κ2) is 9.30. The van der Waals surface area contributed by atoms with Gasteiger partial charge in [0.2, 0.25) is 0 Å². The topological polar surface area (TPSA) is 83.1 Å². The Bertz CT molecular complexity index is 1030. The molecule has 0 radical (unpaired) electrons. The smallest absolute Gasteiger partial charge is 0.269 e. The second-order valence-electron chi connectivity index (χ2n) is 7.28. The summed E-state index contributed by atoms with van der Waals surface area (Å²) in [5.74, 6) is 2.34. The van der Waals surface area contributed by atoms with Crippen LogP contribution in [0.15, 0.2) is 47.6 Å². The van der Waals surface area contributed by atoms with Crippen LogP contribution in [0.3, 0.4) is 0 Å². The maximum atomic E-state index is 10.8. The summed E-state index contributed by atoms with van der Waals surface area (Å²) >= 11 is 1.56. The van der Waals surface area contributed by atoms with E-state index in [0.29, 0.717) is 12.4 Å². The Morgan fingerprint density at radius 3 is 2.60 bits per heavy atom. The number of hydrogen-bond donors (Lipinski definition) is 0. The van der Waals surface area contributed by atoms with E-state index in [1.807, 2.05) is 6.07 Å². The van der Waals surface area contributed by atoms with Crippen molar-refractivity contribution in [3.63, 3.8) is 0 Å². The molecule has 3 aromatic rings. The molecule has 0 saturated heterocycles. The van der Waals surface area contributed by atoms with Crippen LogP contribution in [0.4, 0.5) is 5.69 Å². The van der Waals surface area contributed by atoms with Gasteiger partial charge in [-0.25, -0.2) is 0 Å². The largest absolute Gasteiger partial charge is 0.486 e. The lowest BCUT2D eigenvalue weighted by atomic mass is 9.92. The van der Waals surface area contributed by atoms with Gasteiger partial charge in [0.05, 0.1) is 4.92 Å². The van der Waals surface area contributed by atoms with Crippen LogP contribution in [0, 0.1) is 10.1 Å². The highest BCUT2D eigenvalue weighted by Crippen LogP contribution is 2.27. The minimum Gasteiger partial charge on any atom is -0.486 e. The molecular formula is C22H24N4O3S. The van der Waals surface area contributed by atoms with Crippen LogP contribution in [-0.4, -0.2) is 19.7 Å². The average molecular weight is 425 g/mol. The quantitative estimate of drug-likeness (QED) is 0.289. The van der Waals surface area contributed by atoms with Crippen molar-refractivity contribution in [1.82, 2.24) is 14.8 Å². The maximum absolute atomic E-state index is 10.8. The third-order valence-electron chi connectivity index (χ3n) is 5.31. The van der Waals surface area contributed by atoms with Crippen LogP contribution in [0.1, 0.15) is 42.3 Å². The SMILES string of the molecule is CCn1c(COc2ccc3c(c2)CCCC3)nnc1SCc1ccc([N+](=O)[O-])cc1. The minimum absolute atomic E-state index is 0.0992. The van der Waals surface area contributed by atoms with E-state index < -0.39 is 0 Å². The van der Waals surface area contributed by atoms with Crippen molar-refractivity contribution in [3.8, 4) is 5.75 Å². The van der Waals surface area contributed by atoms with Gasteiger partial charge in [-0.2, -0.15) is 0 Å². The van der Waals surface area contributed by atoms with E-state index in [2.05, 4.69) is 33.8 Å². The van der Waals surface area contributed by atoms with Crippen molar-refractivity contribution in [2.45, 2.75) is 56.7 Å². The monoisotopic (exact) mass is 424 g/mol. The van der Waals surface area contributed by atoms with Crippen molar-refractivity contribution in [1.29, 1.82) is 0 Å². The summed E-state index contributed by atoms with van der Waals surface area (Å²) in [4.78, 5) is 10.4. The number of rotatable bonds is 8. The van der Waals surface area contributed by atoms with Gasteiger partial charge in [-0.15, -0.1) is 10.2 Å². The van der Waals surface area contributed by atoms with Gasteiger partial charge in [-0.1, -0.05) is 30.0 Å². The lowest BCUT2D eigenvalue weighted by Crippen LogP contribution is -2.08. The molecule has 0 fully saturated rings. The number of thioether (sulfide) groups is 1. The minimum atomic E-state index is -0.389. The molecule has 156 valence electrons. The van der Waals surface area contributed by atoms with Gasteiger partial charge in [0.25, 0.3) is 5.69 Å². The highest BCUT2D eigenvalue weighted by atomic mass is 32.2. The van der Waals surface area contributed by atoms with Gasteiger partial charge in [-0.3, -0.25) is 10.1 Å². The van der Waals surface area contributed by atoms with Gasteiger partial charge < -0.3 is 9.30 Å². The first-order chi connectivity index (χ1) is 14.6. The molecule has 8 heteroatoms. The summed E-state index contributed by atoms with van der Waals surface area (Å²) in [5.41, 5.74) is 3.94. The van der Waals surface area contributed by atoms with Crippen LogP contribution >= 0.6 is 11.8 Å². The highest BCUT2D eigenvalue weighted by molar-refractivity contribution is 7.98. The molecule has 0 bridgehead atoms. The molecular weight excluding hydrogens is 400 g/mol. The average Bonchev–Trinajstić information content (AvgIpc) is 3.18. The number of aryl methyl sites for hydroxylation is 2. The molecule has 0 atom stereocenters. The lowest BCUT2D eigenvalue weighted by molar-refractivity contribution is -0.384. The van der Waals surface area contributed by atoms with Gasteiger partial charge in [-0.05, 0) is 61.4 Å². The summed E-state index contributed by atoms with van der Waals surface area (Å²) in [6, 6.07) is 13.0. The number of aromatic nitrogens is 3. The fraction of sp³-hybridized carbons (Fsp3) is 0.364. The molecule has 7 nitrogen and oxygen atoms in total. The number of nitro benzene ring substituents is 1. The molecule has 1 aromatic heterocycles. The maximum Gasteiger partial charge on any atom is 0.269 e. The molecule has 0 spiro atoms. The van der Waals surface area contributed by atoms with Gasteiger partial charge in [0.1, 0.15) is 12.4 Å². The van der Waals surface area contributed by atoms with Crippen molar-refractivity contribution < 1.29 is 9.66 Å². The van der Waals surface area contributed by atoms with Crippen LogP contribution < -0.4 is 4.74 Å². The summed E-state index contributed by atoms with van der Waals surface area (Å²) in [7, 11) is 0. The van der Waals surface area contributed by atoms with E-state index in [-0.39, 0.29) is 10.6 Å². The molecule has 1 heterocycles. The number of nitro groups is 1. The number of ether oxygens (including phenoxy) is 1. The molecule has 0 N–H and O–H groups in total. The third-order valence-corrected chi connectivity index (χ3v) is 6.35. The standard InChI is InChI=1S/C22H24N4O3S/c1-2-25-21(14-29-20-12-9-17-5-3-4-6-18(17)13-20)23-24-22(25)30-15-16-7-10-19(11-8-16)26(27)28/h7-13H,2-6,14-15H2,1H3. The van der Waals surface area contributed by atoms with Crippen molar-refractivity contribution >= 4 is 17.4 Å². The summed E-state index contributed by atoms with van der Waals surface area (Å²) < 4.78 is 8.07. The lowest BCUT2D eigenvalue weighted by Gasteiger charge is -2.16. The van der Waals surface area contributed by atoms with Crippen molar-refractivity contribution in [2.75, 3.05) is 0 Å². The molecule has 0 saturated carbocycles. The number of non-ortho nitro benzene ring substituents is 1. The van der Waals surface area contributed by atoms with Crippen LogP contribution in [-0.2, 0) is 31.7 Å². The number of hydrogen-bond acceptors (Lipinski definition) is 6. The zero-order chi connectivity index (χ0) is 20.9. The predicted molar refractivity (Wildman–Crippen MR) is 116 cm³/mol. The Balaban J connectivity index is 1.39. The molecule has 1 aliphatic rings. The molecule has 30 heavy (non-hydrogen) atoms. The van der Waals surface area contributed by atoms with Crippen LogP contribution in [0.2, 0.25) is 0 Å². The highest BCUT2D eigenvalue weighted by Gasteiger charge is 2.14. The molecule has 0 unspecified atom stereocenters. The number of benzene rings is 2. The van der Waals surface area contributed by atoms with E-state index in [1.165, 1.54) is 36.1 Å². The Hall–Kier alpha value is -2.87. The number of fused-ring (bicyclic) bond motifs is 1. The van der Waals surface area contributed by atoms with Crippen molar-refractivity contribution in [3.05, 3.63) is 75.1 Å². The second-order valence-corrected chi connectivity index (χ2v) is 8.22. The zero-order valence-corrected chi connectivity index (χ0v) is 17.7. The normalized spacial score (nSPS) is 13.1. The van der Waals surface area contributed by atoms with E-state index in [4.69, 9.17) is 4.74 Å². The summed E-state index contributed by atoms with van der Waals surface area (Å²) in [6.07, 6.45) is 4.80. The van der Waals surface area contributed by atoms with Crippen LogP contribution in [0.5, 0.6) is 5.75 Å². The molecule has 0 aliphatic heterocycles. The van der Waals surface area contributed by atoms with Crippen LogP contribution in [0.25, 0.3) is 0 Å². The summed E-state index contributed by atoms with van der Waals surface area (Å²) in [6.45, 7) is 3.18. The Morgan fingerprint density at radius 2 is 1.87 bits per heavy atom. The third kappa shape index (κ3) is 4.64. The van der Waals surface area contributed by atoms with E-state index in [0.717, 1.165) is 41.7 Å². The Kier molecular flexibility index (Phi) is 6.32. The first kappa shape index (κ1) is 20.4. The first-order valence-electron chi connectivity index (χ1n) is 10.2.